The summed E-state index contributed by atoms with van der Waals surface area (Å²) in [5.74, 6) is 1.45. The molecule has 0 spiro atoms. The van der Waals surface area contributed by atoms with Gasteiger partial charge in [0.25, 0.3) is 0 Å². The number of nitrogens with zero attached hydrogens (tertiary/aromatic N) is 3. The van der Waals surface area contributed by atoms with Crippen molar-refractivity contribution < 1.29 is 4.42 Å². The first-order chi connectivity index (χ1) is 8.50. The molecule has 1 fully saturated rings. The van der Waals surface area contributed by atoms with Gasteiger partial charge in [0, 0.05) is 18.0 Å². The summed E-state index contributed by atoms with van der Waals surface area (Å²) in [7, 11) is 0. The molecule has 0 radical (unpaired) electrons. The van der Waals surface area contributed by atoms with Gasteiger partial charge in [-0.3, -0.25) is 4.90 Å². The number of likely N-dealkylation sites (N-methyl/N-ethyl adjacent to an activating group) is 1. The van der Waals surface area contributed by atoms with Gasteiger partial charge in [-0.15, -0.1) is 10.2 Å². The van der Waals surface area contributed by atoms with Crippen LogP contribution in [0.4, 0.5) is 0 Å². The normalized spacial score (nSPS) is 20.8. The van der Waals surface area contributed by atoms with Crippen molar-refractivity contribution in [1.82, 2.24) is 20.4 Å². The Balaban J connectivity index is 2.01. The topological polar surface area (TPSA) is 54.2 Å². The summed E-state index contributed by atoms with van der Waals surface area (Å²) >= 11 is 0. The summed E-state index contributed by atoms with van der Waals surface area (Å²) in [6.07, 6.45) is 1.20. The number of nitrogens with one attached hydrogen (secondary N) is 1. The van der Waals surface area contributed by atoms with Crippen molar-refractivity contribution in [2.24, 2.45) is 0 Å². The zero-order chi connectivity index (χ0) is 13.2. The summed E-state index contributed by atoms with van der Waals surface area (Å²) in [4.78, 5) is 2.40. The molecule has 1 unspecified atom stereocenters. The van der Waals surface area contributed by atoms with Gasteiger partial charge in [0.2, 0.25) is 11.8 Å². The Morgan fingerprint density at radius 2 is 2.17 bits per heavy atom. The fourth-order valence-corrected chi connectivity index (χ4v) is 2.24. The average molecular weight is 252 g/mol. The van der Waals surface area contributed by atoms with Crippen LogP contribution in [0.15, 0.2) is 4.42 Å². The third-order valence-corrected chi connectivity index (χ3v) is 3.40. The molecular formula is C13H24N4O. The van der Waals surface area contributed by atoms with Gasteiger partial charge in [-0.2, -0.15) is 0 Å². The molecule has 1 aliphatic rings. The van der Waals surface area contributed by atoms with Gasteiger partial charge in [0.1, 0.15) is 0 Å². The molecule has 2 rings (SSSR count). The highest BCUT2D eigenvalue weighted by Gasteiger charge is 2.25. The Kier molecular flexibility index (Phi) is 4.02. The number of rotatable bonds is 4. The quantitative estimate of drug-likeness (QED) is 0.881. The molecule has 2 heterocycles. The maximum absolute atomic E-state index is 5.76. The summed E-state index contributed by atoms with van der Waals surface area (Å²) in [6, 6.07) is 0.597. The first-order valence-electron chi connectivity index (χ1n) is 6.78. The van der Waals surface area contributed by atoms with Crippen LogP contribution in [-0.4, -0.2) is 40.8 Å². The van der Waals surface area contributed by atoms with Crippen molar-refractivity contribution in [3.63, 3.8) is 0 Å². The predicted octanol–water partition coefficient (Wildman–Crippen LogP) is 1.55. The van der Waals surface area contributed by atoms with Gasteiger partial charge in [-0.25, -0.2) is 0 Å². The fraction of sp³-hybridized carbons (Fsp3) is 0.846. The van der Waals surface area contributed by atoms with E-state index < -0.39 is 0 Å². The van der Waals surface area contributed by atoms with Crippen molar-refractivity contribution in [2.75, 3.05) is 19.6 Å². The zero-order valence-electron chi connectivity index (χ0n) is 11.9. The number of aromatic nitrogens is 2. The fourth-order valence-electron chi connectivity index (χ4n) is 2.24. The monoisotopic (exact) mass is 252 g/mol. The van der Waals surface area contributed by atoms with Crippen LogP contribution >= 0.6 is 0 Å². The Morgan fingerprint density at radius 1 is 1.39 bits per heavy atom. The van der Waals surface area contributed by atoms with Crippen LogP contribution in [0.5, 0.6) is 0 Å². The lowest BCUT2D eigenvalue weighted by Crippen LogP contribution is -2.36. The first-order valence-corrected chi connectivity index (χ1v) is 6.78. The first kappa shape index (κ1) is 13.5. The molecule has 1 N–H and O–H groups in total. The minimum Gasteiger partial charge on any atom is -0.423 e. The van der Waals surface area contributed by atoms with E-state index in [-0.39, 0.29) is 5.41 Å². The van der Waals surface area contributed by atoms with Crippen molar-refractivity contribution in [1.29, 1.82) is 0 Å². The van der Waals surface area contributed by atoms with E-state index in [1.54, 1.807) is 0 Å². The standard InChI is InChI=1S/C13H24N4O/c1-5-17(10-6-7-14-8-10)9-11-15-16-12(18-11)13(2,3)4/h10,14H,5-9H2,1-4H3. The Morgan fingerprint density at radius 3 is 2.67 bits per heavy atom. The second kappa shape index (κ2) is 5.36. The Labute approximate surface area is 109 Å². The molecule has 0 bridgehead atoms. The van der Waals surface area contributed by atoms with Gasteiger partial charge < -0.3 is 9.73 Å². The van der Waals surface area contributed by atoms with Crippen LogP contribution in [0.3, 0.4) is 0 Å². The molecule has 0 saturated carbocycles. The van der Waals surface area contributed by atoms with Crippen LogP contribution in [0, 0.1) is 0 Å². The largest absolute Gasteiger partial charge is 0.423 e. The maximum atomic E-state index is 5.76. The van der Waals surface area contributed by atoms with Crippen LogP contribution in [0.1, 0.15) is 45.9 Å². The lowest BCUT2D eigenvalue weighted by molar-refractivity contribution is 0.187. The van der Waals surface area contributed by atoms with E-state index >= 15 is 0 Å². The summed E-state index contributed by atoms with van der Waals surface area (Å²) in [5, 5.41) is 11.7. The summed E-state index contributed by atoms with van der Waals surface area (Å²) in [6.45, 7) is 12.4. The van der Waals surface area contributed by atoms with E-state index in [1.807, 2.05) is 0 Å². The van der Waals surface area contributed by atoms with Crippen molar-refractivity contribution in [2.45, 2.75) is 52.1 Å². The van der Waals surface area contributed by atoms with Crippen molar-refractivity contribution >= 4 is 0 Å². The van der Waals surface area contributed by atoms with Crippen LogP contribution < -0.4 is 5.32 Å². The van der Waals surface area contributed by atoms with Gasteiger partial charge in [0.15, 0.2) is 0 Å². The molecule has 0 amide bonds. The molecule has 1 saturated heterocycles. The maximum Gasteiger partial charge on any atom is 0.230 e. The Hall–Kier alpha value is -0.940. The predicted molar refractivity (Wildman–Crippen MR) is 70.4 cm³/mol. The summed E-state index contributed by atoms with van der Waals surface area (Å²) < 4.78 is 5.76. The smallest absolute Gasteiger partial charge is 0.230 e. The molecule has 0 aliphatic carbocycles. The third-order valence-electron chi connectivity index (χ3n) is 3.40. The van der Waals surface area contributed by atoms with Crippen molar-refractivity contribution in [3.05, 3.63) is 11.8 Å². The van der Waals surface area contributed by atoms with E-state index in [2.05, 4.69) is 48.1 Å². The van der Waals surface area contributed by atoms with Gasteiger partial charge in [-0.1, -0.05) is 27.7 Å². The molecule has 5 heteroatoms. The number of hydrogen-bond acceptors (Lipinski definition) is 5. The molecular weight excluding hydrogens is 228 g/mol. The molecule has 5 nitrogen and oxygen atoms in total. The second-order valence-corrected chi connectivity index (χ2v) is 5.96. The second-order valence-electron chi connectivity index (χ2n) is 5.96. The molecule has 0 aromatic carbocycles. The van der Waals surface area contributed by atoms with E-state index in [0.717, 1.165) is 38.0 Å². The minimum atomic E-state index is -0.0722. The SMILES string of the molecule is CCN(Cc1nnc(C(C)(C)C)o1)C1CCNC1. The lowest BCUT2D eigenvalue weighted by Gasteiger charge is -2.25. The van der Waals surface area contributed by atoms with E-state index in [0.29, 0.717) is 6.04 Å². The molecule has 1 aromatic heterocycles. The molecule has 1 atom stereocenters. The Bertz CT molecular complexity index is 377. The van der Waals surface area contributed by atoms with E-state index in [4.69, 9.17) is 4.42 Å². The third kappa shape index (κ3) is 3.09. The lowest BCUT2D eigenvalue weighted by atomic mass is 9.97. The molecule has 1 aliphatic heterocycles. The van der Waals surface area contributed by atoms with Crippen LogP contribution in [0.2, 0.25) is 0 Å². The van der Waals surface area contributed by atoms with Gasteiger partial charge >= 0.3 is 0 Å². The molecule has 102 valence electrons. The molecule has 18 heavy (non-hydrogen) atoms. The van der Waals surface area contributed by atoms with Gasteiger partial charge in [0.05, 0.1) is 6.54 Å². The number of hydrogen-bond donors (Lipinski definition) is 1. The highest BCUT2D eigenvalue weighted by Crippen LogP contribution is 2.21. The summed E-state index contributed by atoms with van der Waals surface area (Å²) in [5.41, 5.74) is -0.0722. The van der Waals surface area contributed by atoms with Crippen LogP contribution in [0.25, 0.3) is 0 Å². The minimum absolute atomic E-state index is 0.0722. The molecule has 1 aromatic rings. The highest BCUT2D eigenvalue weighted by molar-refractivity contribution is 4.96. The zero-order valence-corrected chi connectivity index (χ0v) is 11.9. The van der Waals surface area contributed by atoms with Crippen molar-refractivity contribution in [3.8, 4) is 0 Å². The highest BCUT2D eigenvalue weighted by atomic mass is 16.4. The average Bonchev–Trinajstić information content (AvgIpc) is 2.95. The van der Waals surface area contributed by atoms with E-state index in [1.165, 1.54) is 6.42 Å². The van der Waals surface area contributed by atoms with E-state index in [9.17, 15) is 0 Å². The van der Waals surface area contributed by atoms with Gasteiger partial charge in [-0.05, 0) is 19.5 Å². The van der Waals surface area contributed by atoms with Crippen LogP contribution in [-0.2, 0) is 12.0 Å².